The number of amidine groups is 1. The molecular formula is C14H11BrClN3O5S. The molecule has 0 aromatic heterocycles. The molecule has 1 aromatic carbocycles. The van der Waals surface area contributed by atoms with E-state index in [1.807, 2.05) is 0 Å². The molecule has 0 bridgehead atoms. The highest BCUT2D eigenvalue weighted by molar-refractivity contribution is 9.10. The number of nitrogens with one attached hydrogen (secondary N) is 1. The Balaban J connectivity index is 2.20. The largest absolute Gasteiger partial charge is 0.503 e. The SMILES string of the molecule is COC(=O)/C=C1/S/C(=N\N=Cc2cc(OC)c(O)c(Cl)c2Br)NC1=O. The van der Waals surface area contributed by atoms with Crippen molar-refractivity contribution in [3.8, 4) is 11.5 Å². The van der Waals surface area contributed by atoms with Crippen LogP contribution in [0.4, 0.5) is 0 Å². The molecule has 0 atom stereocenters. The predicted molar refractivity (Wildman–Crippen MR) is 98.2 cm³/mol. The maximum Gasteiger partial charge on any atom is 0.331 e. The molecule has 25 heavy (non-hydrogen) atoms. The normalized spacial score (nSPS) is 17.4. The van der Waals surface area contributed by atoms with Crippen molar-refractivity contribution in [1.29, 1.82) is 0 Å². The van der Waals surface area contributed by atoms with Crippen LogP contribution in [0.15, 0.2) is 31.7 Å². The number of halogens is 2. The second-order valence-electron chi connectivity index (χ2n) is 4.38. The van der Waals surface area contributed by atoms with Crippen LogP contribution in [0.3, 0.4) is 0 Å². The van der Waals surface area contributed by atoms with Gasteiger partial charge in [-0.2, -0.15) is 5.10 Å². The van der Waals surface area contributed by atoms with Gasteiger partial charge in [-0.1, -0.05) is 11.6 Å². The van der Waals surface area contributed by atoms with E-state index >= 15 is 0 Å². The highest BCUT2D eigenvalue weighted by Crippen LogP contribution is 2.40. The number of aromatic hydroxyl groups is 1. The molecule has 1 aromatic rings. The van der Waals surface area contributed by atoms with Gasteiger partial charge in [0, 0.05) is 16.1 Å². The molecule has 1 aliphatic heterocycles. The van der Waals surface area contributed by atoms with E-state index in [2.05, 4.69) is 36.2 Å². The van der Waals surface area contributed by atoms with Crippen LogP contribution in [-0.4, -0.2) is 42.6 Å². The number of hydrogen-bond acceptors (Lipinski definition) is 8. The number of amides is 1. The average molecular weight is 449 g/mol. The summed E-state index contributed by atoms with van der Waals surface area (Å²) >= 11 is 10.2. The van der Waals surface area contributed by atoms with Crippen LogP contribution in [0, 0.1) is 0 Å². The minimum Gasteiger partial charge on any atom is -0.503 e. The second-order valence-corrected chi connectivity index (χ2v) is 6.58. The summed E-state index contributed by atoms with van der Waals surface area (Å²) in [6.45, 7) is 0. The van der Waals surface area contributed by atoms with E-state index in [9.17, 15) is 14.7 Å². The van der Waals surface area contributed by atoms with Gasteiger partial charge in [0.1, 0.15) is 5.02 Å². The fourth-order valence-electron chi connectivity index (χ4n) is 1.65. The third kappa shape index (κ3) is 4.53. The number of benzene rings is 1. The first-order chi connectivity index (χ1) is 11.9. The molecule has 0 unspecified atom stereocenters. The van der Waals surface area contributed by atoms with Crippen LogP contribution in [0.5, 0.6) is 11.5 Å². The van der Waals surface area contributed by atoms with Crippen LogP contribution in [-0.2, 0) is 14.3 Å². The Morgan fingerprint density at radius 3 is 2.84 bits per heavy atom. The van der Waals surface area contributed by atoms with E-state index in [-0.39, 0.29) is 26.6 Å². The zero-order valence-electron chi connectivity index (χ0n) is 12.9. The lowest BCUT2D eigenvalue weighted by Crippen LogP contribution is -2.19. The molecule has 11 heteroatoms. The number of methoxy groups -OCH3 is 2. The zero-order chi connectivity index (χ0) is 18.6. The maximum atomic E-state index is 11.7. The number of nitrogens with zero attached hydrogens (tertiary/aromatic N) is 2. The number of thioether (sulfide) groups is 1. The molecule has 2 N–H and O–H groups in total. The highest BCUT2D eigenvalue weighted by atomic mass is 79.9. The average Bonchev–Trinajstić information content (AvgIpc) is 2.94. The molecule has 1 fully saturated rings. The van der Waals surface area contributed by atoms with Crippen molar-refractivity contribution < 1.29 is 24.2 Å². The number of ether oxygens (including phenoxy) is 2. The monoisotopic (exact) mass is 447 g/mol. The lowest BCUT2D eigenvalue weighted by Gasteiger charge is -2.08. The van der Waals surface area contributed by atoms with Crippen molar-refractivity contribution in [3.05, 3.63) is 32.1 Å². The number of rotatable bonds is 4. The Bertz CT molecular complexity index is 825. The quantitative estimate of drug-likeness (QED) is 0.317. The van der Waals surface area contributed by atoms with Gasteiger partial charge in [-0.05, 0) is 33.8 Å². The van der Waals surface area contributed by atoms with Crippen molar-refractivity contribution in [1.82, 2.24) is 5.32 Å². The van der Waals surface area contributed by atoms with Gasteiger partial charge in [0.25, 0.3) is 5.91 Å². The molecule has 1 aliphatic rings. The van der Waals surface area contributed by atoms with Crippen molar-refractivity contribution >= 4 is 62.6 Å². The maximum absolute atomic E-state index is 11.7. The topological polar surface area (TPSA) is 110 Å². The number of hydrogen-bond donors (Lipinski definition) is 2. The highest BCUT2D eigenvalue weighted by Gasteiger charge is 2.25. The molecule has 0 saturated carbocycles. The predicted octanol–water partition coefficient (Wildman–Crippen LogP) is 2.43. The van der Waals surface area contributed by atoms with E-state index < -0.39 is 11.9 Å². The third-order valence-corrected chi connectivity index (χ3v) is 5.19. The molecule has 8 nitrogen and oxygen atoms in total. The van der Waals surface area contributed by atoms with Crippen molar-refractivity contribution in [2.45, 2.75) is 0 Å². The Morgan fingerprint density at radius 2 is 2.20 bits per heavy atom. The van der Waals surface area contributed by atoms with Crippen LogP contribution in [0.1, 0.15) is 5.56 Å². The number of carbonyl (C=O) groups is 2. The minimum atomic E-state index is -0.642. The summed E-state index contributed by atoms with van der Waals surface area (Å²) in [5, 5.41) is 20.2. The Kier molecular flexibility index (Phi) is 6.45. The van der Waals surface area contributed by atoms with E-state index in [0.29, 0.717) is 10.0 Å². The van der Waals surface area contributed by atoms with E-state index in [1.165, 1.54) is 26.5 Å². The summed E-state index contributed by atoms with van der Waals surface area (Å²) in [5.74, 6) is -1.14. The minimum absolute atomic E-state index is 0.0697. The fourth-order valence-corrected chi connectivity index (χ4v) is 2.99. The molecule has 2 rings (SSSR count). The van der Waals surface area contributed by atoms with Crippen molar-refractivity contribution in [2.75, 3.05) is 14.2 Å². The van der Waals surface area contributed by atoms with Gasteiger partial charge in [-0.3, -0.25) is 10.1 Å². The fraction of sp³-hybridized carbons (Fsp3) is 0.143. The molecule has 0 radical (unpaired) electrons. The lowest BCUT2D eigenvalue weighted by molar-refractivity contribution is -0.135. The number of phenolic OH excluding ortho intramolecular Hbond substituents is 1. The van der Waals surface area contributed by atoms with E-state index in [4.69, 9.17) is 16.3 Å². The summed E-state index contributed by atoms with van der Waals surface area (Å²) < 4.78 is 9.88. The van der Waals surface area contributed by atoms with Gasteiger partial charge in [-0.25, -0.2) is 4.79 Å². The Labute approximate surface area is 160 Å². The number of carbonyl (C=O) groups excluding carboxylic acids is 2. The van der Waals surface area contributed by atoms with Gasteiger partial charge >= 0.3 is 5.97 Å². The Hall–Kier alpha value is -2.04. The van der Waals surface area contributed by atoms with Crippen LogP contribution < -0.4 is 10.1 Å². The molecular weight excluding hydrogens is 438 g/mol. The first-order valence-electron chi connectivity index (χ1n) is 6.52. The summed E-state index contributed by atoms with van der Waals surface area (Å²) in [7, 11) is 2.60. The standard InChI is InChI=1S/C14H11BrClN3O5S/c1-23-7-3-6(10(15)11(16)12(7)21)5-17-19-14-18-13(22)8(25-14)4-9(20)24-2/h3-5,21H,1-2H3,(H,18,19,22)/b8-4+,17-5?. The molecule has 1 amide bonds. The van der Waals surface area contributed by atoms with Gasteiger partial charge in [0.2, 0.25) is 0 Å². The van der Waals surface area contributed by atoms with Crippen LogP contribution >= 0.6 is 39.3 Å². The van der Waals surface area contributed by atoms with Crippen molar-refractivity contribution in [2.24, 2.45) is 10.2 Å². The summed E-state index contributed by atoms with van der Waals surface area (Å²) in [6, 6.07) is 1.51. The van der Waals surface area contributed by atoms with E-state index in [1.54, 1.807) is 0 Å². The summed E-state index contributed by atoms with van der Waals surface area (Å²) in [6.07, 6.45) is 2.42. The first-order valence-corrected chi connectivity index (χ1v) is 8.51. The van der Waals surface area contributed by atoms with Gasteiger partial charge in [0.05, 0.1) is 25.3 Å². The zero-order valence-corrected chi connectivity index (χ0v) is 16.0. The summed E-state index contributed by atoms with van der Waals surface area (Å²) in [4.78, 5) is 23.0. The summed E-state index contributed by atoms with van der Waals surface area (Å²) in [5.41, 5.74) is 0.503. The van der Waals surface area contributed by atoms with Gasteiger partial charge < -0.3 is 14.6 Å². The van der Waals surface area contributed by atoms with Gasteiger partial charge in [0.15, 0.2) is 16.7 Å². The number of esters is 1. The third-order valence-electron chi connectivity index (χ3n) is 2.84. The smallest absolute Gasteiger partial charge is 0.331 e. The van der Waals surface area contributed by atoms with Crippen LogP contribution in [0.2, 0.25) is 5.02 Å². The van der Waals surface area contributed by atoms with Crippen LogP contribution in [0.25, 0.3) is 0 Å². The van der Waals surface area contributed by atoms with E-state index in [0.717, 1.165) is 17.8 Å². The molecule has 1 heterocycles. The van der Waals surface area contributed by atoms with Gasteiger partial charge in [-0.15, -0.1) is 5.10 Å². The molecule has 0 aliphatic carbocycles. The lowest BCUT2D eigenvalue weighted by atomic mass is 10.2. The Morgan fingerprint density at radius 1 is 1.48 bits per heavy atom. The number of phenols is 1. The second kappa shape index (κ2) is 8.37. The first kappa shape index (κ1) is 19.3. The molecule has 1 saturated heterocycles. The molecule has 0 spiro atoms. The van der Waals surface area contributed by atoms with Crippen molar-refractivity contribution in [3.63, 3.8) is 0 Å². The molecule has 132 valence electrons.